The molecule has 1 heterocycles. The molecule has 1 saturated carbocycles. The van der Waals surface area contributed by atoms with E-state index in [1.807, 2.05) is 6.08 Å². The standard InChI is InChI=1S/C20H28O3/c1-13-6-5-7-16-19(13,3)10-8-14(2)20(16,4)11-9-15-12-17(21)23-18(15)22/h6,9,11-12,14,16,18,22H,5,7-8,10H2,1-4H3/b11-9+/t14-,16+,18+,19+,20+/m1/s1. The summed E-state index contributed by atoms with van der Waals surface area (Å²) in [7, 11) is 0. The first-order valence-electron chi connectivity index (χ1n) is 8.74. The average Bonchev–Trinajstić information content (AvgIpc) is 2.82. The Kier molecular flexibility index (Phi) is 4.04. The van der Waals surface area contributed by atoms with Crippen LogP contribution in [-0.2, 0) is 9.53 Å². The summed E-state index contributed by atoms with van der Waals surface area (Å²) >= 11 is 0. The van der Waals surface area contributed by atoms with E-state index >= 15 is 0 Å². The summed E-state index contributed by atoms with van der Waals surface area (Å²) < 4.78 is 4.78. The molecule has 5 atom stereocenters. The fourth-order valence-electron chi connectivity index (χ4n) is 4.94. The zero-order valence-corrected chi connectivity index (χ0v) is 14.6. The van der Waals surface area contributed by atoms with Gasteiger partial charge in [-0.2, -0.15) is 0 Å². The van der Waals surface area contributed by atoms with Crippen LogP contribution in [0.25, 0.3) is 0 Å². The molecule has 3 aliphatic rings. The number of hydrogen-bond donors (Lipinski definition) is 1. The number of rotatable bonds is 2. The van der Waals surface area contributed by atoms with E-state index in [0.29, 0.717) is 17.4 Å². The van der Waals surface area contributed by atoms with Gasteiger partial charge < -0.3 is 9.84 Å². The van der Waals surface area contributed by atoms with Crippen LogP contribution in [0.15, 0.2) is 35.5 Å². The average molecular weight is 316 g/mol. The fourth-order valence-corrected chi connectivity index (χ4v) is 4.94. The first-order valence-corrected chi connectivity index (χ1v) is 8.74. The molecule has 0 amide bonds. The van der Waals surface area contributed by atoms with Crippen molar-refractivity contribution < 1.29 is 14.6 Å². The summed E-state index contributed by atoms with van der Waals surface area (Å²) in [4.78, 5) is 11.3. The minimum absolute atomic E-state index is 0.0642. The molecule has 126 valence electrons. The van der Waals surface area contributed by atoms with Gasteiger partial charge in [-0.05, 0) is 55.3 Å². The summed E-state index contributed by atoms with van der Waals surface area (Å²) in [5.41, 5.74) is 2.42. The molecule has 3 heteroatoms. The molecule has 3 rings (SSSR count). The number of aliphatic hydroxyl groups excluding tert-OH is 1. The van der Waals surface area contributed by atoms with Crippen LogP contribution in [0.5, 0.6) is 0 Å². The Morgan fingerprint density at radius 1 is 1.35 bits per heavy atom. The summed E-state index contributed by atoms with van der Waals surface area (Å²) in [5, 5.41) is 9.79. The molecule has 0 saturated heterocycles. The number of ether oxygens (including phenoxy) is 1. The third kappa shape index (κ3) is 2.59. The monoisotopic (exact) mass is 316 g/mol. The maximum absolute atomic E-state index is 11.3. The van der Waals surface area contributed by atoms with E-state index in [9.17, 15) is 9.90 Å². The largest absolute Gasteiger partial charge is 0.428 e. The highest BCUT2D eigenvalue weighted by molar-refractivity contribution is 5.86. The number of cyclic esters (lactones) is 1. The number of hydrogen-bond acceptors (Lipinski definition) is 3. The molecule has 1 fully saturated rings. The van der Waals surface area contributed by atoms with Crippen molar-refractivity contribution in [2.45, 2.75) is 59.7 Å². The summed E-state index contributed by atoms with van der Waals surface area (Å²) in [5.74, 6) is 0.717. The molecule has 0 radical (unpaired) electrons. The smallest absolute Gasteiger partial charge is 0.333 e. The Morgan fingerprint density at radius 2 is 2.09 bits per heavy atom. The van der Waals surface area contributed by atoms with Crippen molar-refractivity contribution in [2.75, 3.05) is 0 Å². The van der Waals surface area contributed by atoms with Crippen molar-refractivity contribution >= 4 is 5.97 Å². The lowest BCUT2D eigenvalue weighted by Crippen LogP contribution is -2.48. The van der Waals surface area contributed by atoms with Crippen LogP contribution < -0.4 is 0 Å². The lowest BCUT2D eigenvalue weighted by molar-refractivity contribution is -0.150. The predicted octanol–water partition coefficient (Wildman–Crippen LogP) is 4.14. The molecular formula is C20H28O3. The van der Waals surface area contributed by atoms with E-state index in [0.717, 1.165) is 6.42 Å². The molecule has 0 aromatic heterocycles. The van der Waals surface area contributed by atoms with Gasteiger partial charge in [0.2, 0.25) is 6.29 Å². The Morgan fingerprint density at radius 3 is 2.74 bits per heavy atom. The van der Waals surface area contributed by atoms with Crippen molar-refractivity contribution in [1.82, 2.24) is 0 Å². The molecule has 1 aliphatic heterocycles. The molecule has 0 aromatic rings. The third-order valence-corrected chi connectivity index (χ3v) is 6.92. The van der Waals surface area contributed by atoms with Gasteiger partial charge in [0, 0.05) is 11.6 Å². The first-order chi connectivity index (χ1) is 10.8. The van der Waals surface area contributed by atoms with Crippen LogP contribution in [0.4, 0.5) is 0 Å². The van der Waals surface area contributed by atoms with Gasteiger partial charge in [0.25, 0.3) is 0 Å². The van der Waals surface area contributed by atoms with Crippen LogP contribution in [0.1, 0.15) is 53.4 Å². The van der Waals surface area contributed by atoms with Gasteiger partial charge in [-0.1, -0.05) is 44.6 Å². The van der Waals surface area contributed by atoms with Crippen LogP contribution in [0, 0.1) is 22.7 Å². The molecule has 0 aromatic carbocycles. The molecule has 1 N–H and O–H groups in total. The predicted molar refractivity (Wildman–Crippen MR) is 90.4 cm³/mol. The minimum Gasteiger partial charge on any atom is -0.428 e. The lowest BCUT2D eigenvalue weighted by atomic mass is 9.48. The number of aliphatic hydroxyl groups is 1. The normalized spacial score (nSPS) is 43.9. The van der Waals surface area contributed by atoms with Gasteiger partial charge in [0.05, 0.1) is 0 Å². The third-order valence-electron chi connectivity index (χ3n) is 6.92. The van der Waals surface area contributed by atoms with Crippen LogP contribution in [-0.4, -0.2) is 17.4 Å². The van der Waals surface area contributed by atoms with Gasteiger partial charge >= 0.3 is 5.97 Å². The second-order valence-electron chi connectivity index (χ2n) is 8.01. The van der Waals surface area contributed by atoms with Crippen molar-refractivity contribution in [1.29, 1.82) is 0 Å². The van der Waals surface area contributed by atoms with E-state index in [1.165, 1.54) is 30.9 Å². The quantitative estimate of drug-likeness (QED) is 0.615. The fraction of sp³-hybridized carbons (Fsp3) is 0.650. The molecule has 23 heavy (non-hydrogen) atoms. The van der Waals surface area contributed by atoms with E-state index in [2.05, 4.69) is 39.8 Å². The van der Waals surface area contributed by atoms with Crippen LogP contribution >= 0.6 is 0 Å². The number of esters is 1. The summed E-state index contributed by atoms with van der Waals surface area (Å²) in [6.07, 6.45) is 11.6. The molecule has 0 bridgehead atoms. The summed E-state index contributed by atoms with van der Waals surface area (Å²) in [6.45, 7) is 9.37. The highest BCUT2D eigenvalue weighted by Gasteiger charge is 2.52. The number of allylic oxidation sites excluding steroid dienone is 3. The van der Waals surface area contributed by atoms with Gasteiger partial charge in [-0.25, -0.2) is 4.79 Å². The Labute approximate surface area is 139 Å². The maximum Gasteiger partial charge on any atom is 0.333 e. The van der Waals surface area contributed by atoms with E-state index in [-0.39, 0.29) is 10.8 Å². The highest BCUT2D eigenvalue weighted by atomic mass is 16.6. The molecule has 0 unspecified atom stereocenters. The lowest BCUT2D eigenvalue weighted by Gasteiger charge is -2.57. The van der Waals surface area contributed by atoms with Gasteiger partial charge in [-0.15, -0.1) is 0 Å². The Bertz CT molecular complexity index is 600. The molecular weight excluding hydrogens is 288 g/mol. The maximum atomic E-state index is 11.3. The second kappa shape index (κ2) is 5.62. The van der Waals surface area contributed by atoms with Gasteiger partial charge in [-0.3, -0.25) is 0 Å². The van der Waals surface area contributed by atoms with Crippen molar-refractivity contribution in [3.8, 4) is 0 Å². The molecule has 3 nitrogen and oxygen atoms in total. The number of fused-ring (bicyclic) bond motifs is 1. The number of carbonyl (C=O) groups excluding carboxylic acids is 1. The number of carbonyl (C=O) groups is 1. The highest BCUT2D eigenvalue weighted by Crippen LogP contribution is 2.60. The zero-order chi connectivity index (χ0) is 16.8. The van der Waals surface area contributed by atoms with Crippen molar-refractivity contribution in [3.63, 3.8) is 0 Å². The topological polar surface area (TPSA) is 46.5 Å². The van der Waals surface area contributed by atoms with E-state index in [1.54, 1.807) is 0 Å². The van der Waals surface area contributed by atoms with Crippen LogP contribution in [0.3, 0.4) is 0 Å². The van der Waals surface area contributed by atoms with Crippen molar-refractivity contribution in [2.24, 2.45) is 22.7 Å². The molecule has 2 aliphatic carbocycles. The van der Waals surface area contributed by atoms with Crippen LogP contribution in [0.2, 0.25) is 0 Å². The Hall–Kier alpha value is -1.35. The summed E-state index contributed by atoms with van der Waals surface area (Å²) in [6, 6.07) is 0. The van der Waals surface area contributed by atoms with Gasteiger partial charge in [0.15, 0.2) is 0 Å². The SMILES string of the molecule is CC1=CCC[C@@H]2[C@@](C)(/C=C/C3=CC(=O)O[C@@H]3O)[C@H](C)CC[C@@]12C. The first kappa shape index (κ1) is 16.5. The zero-order valence-electron chi connectivity index (χ0n) is 14.6. The van der Waals surface area contributed by atoms with E-state index < -0.39 is 12.3 Å². The Balaban J connectivity index is 1.93. The molecule has 0 spiro atoms. The van der Waals surface area contributed by atoms with Crippen molar-refractivity contribution in [3.05, 3.63) is 35.5 Å². The minimum atomic E-state index is -1.11. The van der Waals surface area contributed by atoms with E-state index in [4.69, 9.17) is 4.74 Å². The second-order valence-corrected chi connectivity index (χ2v) is 8.01. The van der Waals surface area contributed by atoms with Gasteiger partial charge in [0.1, 0.15) is 0 Å².